The lowest BCUT2D eigenvalue weighted by molar-refractivity contribution is -0.137. The van der Waals surface area contributed by atoms with E-state index in [1.54, 1.807) is 6.92 Å². The zero-order valence-corrected chi connectivity index (χ0v) is 14.9. The number of benzene rings is 2. The van der Waals surface area contributed by atoms with Gasteiger partial charge in [-0.15, -0.1) is 0 Å². The lowest BCUT2D eigenvalue weighted by atomic mass is 10.0. The molecular weight excluding hydrogens is 314 g/mol. The first-order valence-electron chi connectivity index (χ1n) is 8.79. The van der Waals surface area contributed by atoms with Crippen molar-refractivity contribution in [3.63, 3.8) is 0 Å². The van der Waals surface area contributed by atoms with E-state index in [1.807, 2.05) is 4.90 Å². The fourth-order valence-electron chi connectivity index (χ4n) is 3.44. The Bertz CT molecular complexity index is 761. The molecule has 0 spiro atoms. The molecular formula is C20H25N3O2. The minimum Gasteiger partial charge on any atom is -0.345 e. The standard InChI is InChI=1S/C20H25N3O2/c1-15(21-16(2)24)20(25)23-12-10-22(11-13-23)14-18-8-5-7-17-6-3-4-9-19(17)18/h3-9,15H,10-14H2,1-2H3,(H,21,24)/t15-/m0/s1. The van der Waals surface area contributed by atoms with E-state index >= 15 is 0 Å². The molecule has 5 nitrogen and oxygen atoms in total. The van der Waals surface area contributed by atoms with E-state index in [1.165, 1.54) is 23.3 Å². The van der Waals surface area contributed by atoms with Gasteiger partial charge < -0.3 is 10.2 Å². The Labute approximate surface area is 148 Å². The van der Waals surface area contributed by atoms with Crippen LogP contribution in [-0.4, -0.2) is 53.8 Å². The molecule has 132 valence electrons. The summed E-state index contributed by atoms with van der Waals surface area (Å²) in [7, 11) is 0. The maximum absolute atomic E-state index is 12.4. The number of hydrogen-bond acceptors (Lipinski definition) is 3. The van der Waals surface area contributed by atoms with Crippen molar-refractivity contribution in [2.75, 3.05) is 26.2 Å². The van der Waals surface area contributed by atoms with Crippen LogP contribution in [0.5, 0.6) is 0 Å². The number of nitrogens with zero attached hydrogens (tertiary/aromatic N) is 2. The number of carbonyl (C=O) groups is 2. The van der Waals surface area contributed by atoms with E-state index in [-0.39, 0.29) is 11.8 Å². The molecule has 5 heteroatoms. The molecule has 1 fully saturated rings. The van der Waals surface area contributed by atoms with Gasteiger partial charge in [-0.2, -0.15) is 0 Å². The molecule has 0 saturated carbocycles. The topological polar surface area (TPSA) is 52.7 Å². The Morgan fingerprint density at radius 2 is 1.72 bits per heavy atom. The summed E-state index contributed by atoms with van der Waals surface area (Å²) in [6.45, 7) is 7.17. The molecule has 0 aromatic heterocycles. The molecule has 2 aromatic rings. The van der Waals surface area contributed by atoms with E-state index in [0.717, 1.165) is 19.6 Å². The maximum atomic E-state index is 12.4. The summed E-state index contributed by atoms with van der Waals surface area (Å²) in [5.41, 5.74) is 1.32. The summed E-state index contributed by atoms with van der Waals surface area (Å²) in [6, 6.07) is 14.4. The van der Waals surface area contributed by atoms with Gasteiger partial charge in [0.1, 0.15) is 6.04 Å². The van der Waals surface area contributed by atoms with Gasteiger partial charge in [-0.05, 0) is 23.3 Å². The van der Waals surface area contributed by atoms with Crippen molar-refractivity contribution in [2.24, 2.45) is 0 Å². The number of fused-ring (bicyclic) bond motifs is 1. The van der Waals surface area contributed by atoms with E-state index < -0.39 is 6.04 Å². The number of nitrogens with one attached hydrogen (secondary N) is 1. The van der Waals surface area contributed by atoms with E-state index in [0.29, 0.717) is 13.1 Å². The summed E-state index contributed by atoms with van der Waals surface area (Å²) >= 11 is 0. The third-order valence-electron chi connectivity index (χ3n) is 4.75. The molecule has 1 aliphatic heterocycles. The summed E-state index contributed by atoms with van der Waals surface area (Å²) in [4.78, 5) is 27.7. The third kappa shape index (κ3) is 4.17. The molecule has 0 aliphatic carbocycles. The second kappa shape index (κ2) is 7.66. The van der Waals surface area contributed by atoms with Crippen molar-refractivity contribution in [2.45, 2.75) is 26.4 Å². The predicted octanol–water partition coefficient (Wildman–Crippen LogP) is 2.01. The fourth-order valence-corrected chi connectivity index (χ4v) is 3.44. The smallest absolute Gasteiger partial charge is 0.244 e. The van der Waals surface area contributed by atoms with Crippen LogP contribution < -0.4 is 5.32 Å². The Kier molecular flexibility index (Phi) is 5.34. The van der Waals surface area contributed by atoms with Gasteiger partial charge >= 0.3 is 0 Å². The normalized spacial score (nSPS) is 16.6. The second-order valence-electron chi connectivity index (χ2n) is 6.66. The molecule has 1 saturated heterocycles. The Hall–Kier alpha value is -2.40. The van der Waals surface area contributed by atoms with Crippen LogP contribution >= 0.6 is 0 Å². The first-order valence-corrected chi connectivity index (χ1v) is 8.79. The number of amides is 2. The molecule has 2 aromatic carbocycles. The van der Waals surface area contributed by atoms with Crippen LogP contribution in [0.25, 0.3) is 10.8 Å². The van der Waals surface area contributed by atoms with Crippen LogP contribution in [0.2, 0.25) is 0 Å². The van der Waals surface area contributed by atoms with E-state index in [4.69, 9.17) is 0 Å². The maximum Gasteiger partial charge on any atom is 0.244 e. The minimum absolute atomic E-state index is 0.0000101. The van der Waals surface area contributed by atoms with Gasteiger partial charge in [0.15, 0.2) is 0 Å². The van der Waals surface area contributed by atoms with Gasteiger partial charge in [0.2, 0.25) is 11.8 Å². The molecule has 0 unspecified atom stereocenters. The number of hydrogen-bond donors (Lipinski definition) is 1. The molecule has 25 heavy (non-hydrogen) atoms. The third-order valence-corrected chi connectivity index (χ3v) is 4.75. The van der Waals surface area contributed by atoms with Crippen molar-refractivity contribution >= 4 is 22.6 Å². The highest BCUT2D eigenvalue weighted by Crippen LogP contribution is 2.20. The molecule has 1 N–H and O–H groups in total. The highest BCUT2D eigenvalue weighted by Gasteiger charge is 2.25. The molecule has 2 amide bonds. The summed E-state index contributed by atoms with van der Waals surface area (Å²) in [6.07, 6.45) is 0. The molecule has 0 bridgehead atoms. The van der Waals surface area contributed by atoms with Crippen molar-refractivity contribution in [1.82, 2.24) is 15.1 Å². The van der Waals surface area contributed by atoms with Gasteiger partial charge in [0.25, 0.3) is 0 Å². The summed E-state index contributed by atoms with van der Waals surface area (Å²) in [5.74, 6) is -0.171. The van der Waals surface area contributed by atoms with Gasteiger partial charge in [0, 0.05) is 39.6 Å². The molecule has 0 radical (unpaired) electrons. The largest absolute Gasteiger partial charge is 0.345 e. The molecule has 1 aliphatic rings. The molecule has 1 heterocycles. The average Bonchev–Trinajstić information content (AvgIpc) is 2.61. The first-order chi connectivity index (χ1) is 12.0. The lowest BCUT2D eigenvalue weighted by Gasteiger charge is -2.36. The first kappa shape index (κ1) is 17.4. The highest BCUT2D eigenvalue weighted by molar-refractivity contribution is 5.87. The predicted molar refractivity (Wildman–Crippen MR) is 99.1 cm³/mol. The van der Waals surface area contributed by atoms with Crippen LogP contribution in [0.3, 0.4) is 0 Å². The van der Waals surface area contributed by atoms with Gasteiger partial charge in [-0.1, -0.05) is 42.5 Å². The van der Waals surface area contributed by atoms with E-state index in [9.17, 15) is 9.59 Å². The second-order valence-corrected chi connectivity index (χ2v) is 6.66. The fraction of sp³-hybridized carbons (Fsp3) is 0.400. The Morgan fingerprint density at radius 1 is 1.04 bits per heavy atom. The number of piperazine rings is 1. The van der Waals surface area contributed by atoms with Crippen molar-refractivity contribution < 1.29 is 9.59 Å². The zero-order chi connectivity index (χ0) is 17.8. The van der Waals surface area contributed by atoms with Crippen LogP contribution in [-0.2, 0) is 16.1 Å². The van der Waals surface area contributed by atoms with Crippen LogP contribution in [0.1, 0.15) is 19.4 Å². The average molecular weight is 339 g/mol. The Morgan fingerprint density at radius 3 is 2.44 bits per heavy atom. The number of rotatable bonds is 4. The van der Waals surface area contributed by atoms with E-state index in [2.05, 4.69) is 52.7 Å². The Balaban J connectivity index is 1.59. The SMILES string of the molecule is CC(=O)N[C@@H](C)C(=O)N1CCN(Cc2cccc3ccccc23)CC1. The van der Waals surface area contributed by atoms with Crippen LogP contribution in [0.4, 0.5) is 0 Å². The van der Waals surface area contributed by atoms with Crippen molar-refractivity contribution in [3.05, 3.63) is 48.0 Å². The lowest BCUT2D eigenvalue weighted by Crippen LogP contribution is -2.53. The number of carbonyl (C=O) groups excluding carboxylic acids is 2. The quantitative estimate of drug-likeness (QED) is 0.927. The van der Waals surface area contributed by atoms with Crippen LogP contribution in [0.15, 0.2) is 42.5 Å². The monoisotopic (exact) mass is 339 g/mol. The van der Waals surface area contributed by atoms with Crippen molar-refractivity contribution in [3.8, 4) is 0 Å². The highest BCUT2D eigenvalue weighted by atomic mass is 16.2. The molecule has 1 atom stereocenters. The van der Waals surface area contributed by atoms with Crippen LogP contribution in [0, 0.1) is 0 Å². The van der Waals surface area contributed by atoms with Gasteiger partial charge in [0.05, 0.1) is 0 Å². The summed E-state index contributed by atoms with van der Waals surface area (Å²) < 4.78 is 0. The minimum atomic E-state index is -0.456. The zero-order valence-electron chi connectivity index (χ0n) is 14.9. The summed E-state index contributed by atoms with van der Waals surface area (Å²) in [5, 5.41) is 5.22. The van der Waals surface area contributed by atoms with Crippen molar-refractivity contribution in [1.29, 1.82) is 0 Å². The molecule has 3 rings (SSSR count). The van der Waals surface area contributed by atoms with Gasteiger partial charge in [-0.25, -0.2) is 0 Å². The van der Waals surface area contributed by atoms with Gasteiger partial charge in [-0.3, -0.25) is 14.5 Å².